The molecule has 224 valence electrons. The highest BCUT2D eigenvalue weighted by molar-refractivity contribution is 7.92. The molecule has 2 aromatic rings. The first-order chi connectivity index (χ1) is 19.7. The molecule has 2 aromatic carbocycles. The molecule has 0 spiro atoms. The lowest BCUT2D eigenvalue weighted by Crippen LogP contribution is -2.51. The average molecular weight is 588 g/mol. The maximum Gasteiger partial charge on any atom is 0.243 e. The van der Waals surface area contributed by atoms with Gasteiger partial charge in [0.1, 0.15) is 11.8 Å². The van der Waals surface area contributed by atoms with Crippen LogP contribution in [0.3, 0.4) is 0 Å². The van der Waals surface area contributed by atoms with Crippen LogP contribution in [0.5, 0.6) is 17.2 Å². The molecule has 1 aliphatic carbocycles. The quantitative estimate of drug-likeness (QED) is 0.373. The summed E-state index contributed by atoms with van der Waals surface area (Å²) in [6.07, 6.45) is 7.24. The van der Waals surface area contributed by atoms with E-state index >= 15 is 0 Å². The third-order valence-electron chi connectivity index (χ3n) is 7.65. The third kappa shape index (κ3) is 8.06. The molecule has 2 aliphatic rings. The second-order valence-corrected chi connectivity index (χ2v) is 12.5. The Morgan fingerprint density at radius 2 is 1.76 bits per heavy atom. The second kappa shape index (κ2) is 13.9. The van der Waals surface area contributed by atoms with Crippen LogP contribution in [0.2, 0.25) is 0 Å². The van der Waals surface area contributed by atoms with Crippen molar-refractivity contribution < 1.29 is 32.2 Å². The number of methoxy groups -OCH3 is 1. The van der Waals surface area contributed by atoms with E-state index in [1.807, 2.05) is 31.2 Å². The molecular formula is C30H41N3O7S. The lowest BCUT2D eigenvalue weighted by Gasteiger charge is -2.33. The molecule has 1 aliphatic heterocycles. The van der Waals surface area contributed by atoms with Gasteiger partial charge in [0.2, 0.25) is 28.6 Å². The minimum Gasteiger partial charge on any atom is -0.497 e. The van der Waals surface area contributed by atoms with Crippen LogP contribution in [0.15, 0.2) is 42.5 Å². The van der Waals surface area contributed by atoms with Crippen LogP contribution in [0, 0.1) is 0 Å². The van der Waals surface area contributed by atoms with Crippen molar-refractivity contribution in [2.45, 2.75) is 76.9 Å². The molecule has 1 heterocycles. The molecular weight excluding hydrogens is 546 g/mol. The molecule has 4 rings (SSSR count). The summed E-state index contributed by atoms with van der Waals surface area (Å²) < 4.78 is 42.6. The van der Waals surface area contributed by atoms with Crippen molar-refractivity contribution in [2.24, 2.45) is 0 Å². The zero-order chi connectivity index (χ0) is 29.4. The number of benzene rings is 2. The van der Waals surface area contributed by atoms with Crippen LogP contribution in [0.4, 0.5) is 5.69 Å². The van der Waals surface area contributed by atoms with Crippen LogP contribution in [0.25, 0.3) is 0 Å². The van der Waals surface area contributed by atoms with Crippen molar-refractivity contribution in [1.29, 1.82) is 0 Å². The van der Waals surface area contributed by atoms with Gasteiger partial charge < -0.3 is 24.4 Å². The molecule has 41 heavy (non-hydrogen) atoms. The molecule has 1 N–H and O–H groups in total. The van der Waals surface area contributed by atoms with Gasteiger partial charge in [-0.05, 0) is 55.5 Å². The number of hydrogen-bond acceptors (Lipinski definition) is 7. The molecule has 0 unspecified atom stereocenters. The van der Waals surface area contributed by atoms with Gasteiger partial charge in [0.15, 0.2) is 11.5 Å². The van der Waals surface area contributed by atoms with Gasteiger partial charge in [-0.3, -0.25) is 13.9 Å². The summed E-state index contributed by atoms with van der Waals surface area (Å²) in [5, 5.41) is 3.18. The summed E-state index contributed by atoms with van der Waals surface area (Å²) in [5.74, 6) is 1.40. The molecule has 1 fully saturated rings. The lowest BCUT2D eigenvalue weighted by molar-refractivity contribution is -0.141. The topological polar surface area (TPSA) is 114 Å². The smallest absolute Gasteiger partial charge is 0.243 e. The van der Waals surface area contributed by atoms with Gasteiger partial charge >= 0.3 is 0 Å². The van der Waals surface area contributed by atoms with E-state index in [0.717, 1.165) is 37.5 Å². The van der Waals surface area contributed by atoms with Crippen molar-refractivity contribution in [3.8, 4) is 17.2 Å². The minimum atomic E-state index is -3.62. The van der Waals surface area contributed by atoms with Crippen LogP contribution in [0.1, 0.15) is 63.9 Å². The molecule has 0 aromatic heterocycles. The first-order valence-corrected chi connectivity index (χ1v) is 16.1. The van der Waals surface area contributed by atoms with Gasteiger partial charge in [0.05, 0.1) is 19.1 Å². The van der Waals surface area contributed by atoms with Crippen molar-refractivity contribution in [3.05, 3.63) is 48.0 Å². The zero-order valence-corrected chi connectivity index (χ0v) is 25.0. The molecule has 1 atom stereocenters. The van der Waals surface area contributed by atoms with E-state index in [2.05, 4.69) is 5.32 Å². The molecule has 11 heteroatoms. The molecule has 1 saturated carbocycles. The van der Waals surface area contributed by atoms with Gasteiger partial charge in [0.25, 0.3) is 0 Å². The van der Waals surface area contributed by atoms with Crippen molar-refractivity contribution in [1.82, 2.24) is 10.2 Å². The van der Waals surface area contributed by atoms with Gasteiger partial charge in [-0.1, -0.05) is 38.3 Å². The number of rotatable bonds is 13. The zero-order valence-electron chi connectivity index (χ0n) is 24.1. The Morgan fingerprint density at radius 3 is 2.41 bits per heavy atom. The van der Waals surface area contributed by atoms with E-state index in [1.54, 1.807) is 30.2 Å². The van der Waals surface area contributed by atoms with E-state index in [1.165, 1.54) is 10.7 Å². The maximum atomic E-state index is 13.7. The first-order valence-electron chi connectivity index (χ1n) is 14.3. The standard InChI is InChI=1S/C30H41N3O7S/c1-4-26(30(35)31-23-9-6-5-7-10-23)32(20-22-12-15-25(38-2)16-13-22)29(34)11-8-18-33(41(3,36)37)24-14-17-27-28(19-24)40-21-39-27/h12-17,19,23,26H,4-11,18,20-21H2,1-3H3,(H,31,35)/t26-/m0/s1. The Kier molecular flexibility index (Phi) is 10.4. The molecule has 2 amide bonds. The van der Waals surface area contributed by atoms with Crippen LogP contribution in [-0.4, -0.2) is 63.9 Å². The normalized spacial score (nSPS) is 15.7. The van der Waals surface area contributed by atoms with Crippen molar-refractivity contribution >= 4 is 27.5 Å². The molecule has 0 bridgehead atoms. The predicted octanol–water partition coefficient (Wildman–Crippen LogP) is 4.23. The Morgan fingerprint density at radius 1 is 1.05 bits per heavy atom. The van der Waals surface area contributed by atoms with Gasteiger partial charge in [-0.25, -0.2) is 8.42 Å². The van der Waals surface area contributed by atoms with Crippen LogP contribution < -0.4 is 23.8 Å². The van der Waals surface area contributed by atoms with Crippen LogP contribution >= 0.6 is 0 Å². The Labute approximate surface area is 243 Å². The van der Waals surface area contributed by atoms with Crippen molar-refractivity contribution in [2.75, 3.05) is 31.0 Å². The number of hydrogen-bond donors (Lipinski definition) is 1. The van der Waals surface area contributed by atoms with Crippen LogP contribution in [-0.2, 0) is 26.2 Å². The fourth-order valence-corrected chi connectivity index (χ4v) is 6.39. The number of nitrogens with one attached hydrogen (secondary N) is 1. The van der Waals surface area contributed by atoms with E-state index in [4.69, 9.17) is 14.2 Å². The number of sulfonamides is 1. The molecule has 0 saturated heterocycles. The monoisotopic (exact) mass is 587 g/mol. The predicted molar refractivity (Wildman–Crippen MR) is 157 cm³/mol. The first kappa shape index (κ1) is 30.5. The van der Waals surface area contributed by atoms with Gasteiger partial charge in [0, 0.05) is 31.6 Å². The molecule has 10 nitrogen and oxygen atoms in total. The highest BCUT2D eigenvalue weighted by atomic mass is 32.2. The number of amides is 2. The largest absolute Gasteiger partial charge is 0.497 e. The minimum absolute atomic E-state index is 0.0833. The number of carbonyl (C=O) groups excluding carboxylic acids is 2. The number of carbonyl (C=O) groups is 2. The number of nitrogens with zero attached hydrogens (tertiary/aromatic N) is 2. The Hall–Kier alpha value is -3.47. The highest BCUT2D eigenvalue weighted by Gasteiger charge is 2.30. The summed E-state index contributed by atoms with van der Waals surface area (Å²) in [6.45, 7) is 2.36. The van der Waals surface area contributed by atoms with Crippen molar-refractivity contribution in [3.63, 3.8) is 0 Å². The fraction of sp³-hybridized carbons (Fsp3) is 0.533. The Bertz CT molecular complexity index is 1290. The summed E-state index contributed by atoms with van der Waals surface area (Å²) in [7, 11) is -2.03. The lowest BCUT2D eigenvalue weighted by atomic mass is 9.95. The molecule has 0 radical (unpaired) electrons. The van der Waals surface area contributed by atoms with E-state index in [-0.39, 0.29) is 50.6 Å². The number of fused-ring (bicyclic) bond motifs is 1. The Balaban J connectivity index is 1.48. The van der Waals surface area contributed by atoms with E-state index < -0.39 is 16.1 Å². The number of anilines is 1. The summed E-state index contributed by atoms with van der Waals surface area (Å²) >= 11 is 0. The van der Waals surface area contributed by atoms with Gasteiger partial charge in [-0.2, -0.15) is 0 Å². The summed E-state index contributed by atoms with van der Waals surface area (Å²) in [4.78, 5) is 28.8. The van der Waals surface area contributed by atoms with Gasteiger partial charge in [-0.15, -0.1) is 0 Å². The highest BCUT2D eigenvalue weighted by Crippen LogP contribution is 2.36. The maximum absolute atomic E-state index is 13.7. The van der Waals surface area contributed by atoms with E-state index in [9.17, 15) is 18.0 Å². The fourth-order valence-electron chi connectivity index (χ4n) is 5.44. The number of ether oxygens (including phenoxy) is 3. The average Bonchev–Trinajstić information content (AvgIpc) is 3.43. The summed E-state index contributed by atoms with van der Waals surface area (Å²) in [5.41, 5.74) is 1.32. The summed E-state index contributed by atoms with van der Waals surface area (Å²) in [6, 6.07) is 11.9. The van der Waals surface area contributed by atoms with E-state index in [0.29, 0.717) is 29.4 Å². The third-order valence-corrected chi connectivity index (χ3v) is 8.84. The SMILES string of the molecule is CC[C@@H](C(=O)NC1CCCCC1)N(Cc1ccc(OC)cc1)C(=O)CCCN(c1ccc2c(c1)OCO2)S(C)(=O)=O. The second-order valence-electron chi connectivity index (χ2n) is 10.6.